The Balaban J connectivity index is 1.33. The minimum absolute atomic E-state index is 0.0319. The number of carbonyl (C=O) groups is 1. The first-order chi connectivity index (χ1) is 19.4. The fraction of sp³-hybridized carbons (Fsp3) is 0.474. The molecule has 1 saturated heterocycles. The highest BCUT2D eigenvalue weighted by Crippen LogP contribution is 2.57. The number of halogens is 2. The summed E-state index contributed by atoms with van der Waals surface area (Å²) in [7, 11) is 0. The molecule has 3 unspecified atom stereocenters. The SMILES string of the molecule is N=C1N=C2N=CN([C@@H]3O[C@@H]4COP(O)(=S)OCCn5c(nc6cc(Cl)cnc65)COP(=O)(S)O[C@@H]3[C@@H]4F)C2C(=O)N1. The molecule has 0 aromatic carbocycles. The number of alkyl halides is 1. The minimum Gasteiger partial charge on any atom is -0.347 e. The second kappa shape index (κ2) is 11.0. The molecule has 22 heteroatoms. The van der Waals surface area contributed by atoms with Gasteiger partial charge in [-0.2, -0.15) is 4.99 Å². The summed E-state index contributed by atoms with van der Waals surface area (Å²) in [6, 6.07) is 0.370. The topological polar surface area (TPSA) is 195 Å². The van der Waals surface area contributed by atoms with Crippen molar-refractivity contribution in [3.8, 4) is 0 Å². The Bertz CT molecular complexity index is 1600. The van der Waals surface area contributed by atoms with Gasteiger partial charge in [0, 0.05) is 12.7 Å². The van der Waals surface area contributed by atoms with Gasteiger partial charge in [-0.3, -0.25) is 24.6 Å². The molecule has 6 rings (SSSR count). The molecule has 4 aliphatic heterocycles. The highest BCUT2D eigenvalue weighted by Gasteiger charge is 2.55. The second-order valence-electron chi connectivity index (χ2n) is 9.00. The van der Waals surface area contributed by atoms with Crippen LogP contribution in [0.4, 0.5) is 4.39 Å². The van der Waals surface area contributed by atoms with Crippen LogP contribution >= 0.6 is 37.4 Å². The number of imidazole rings is 1. The van der Waals surface area contributed by atoms with E-state index in [1.54, 1.807) is 10.6 Å². The summed E-state index contributed by atoms with van der Waals surface area (Å²) in [5.74, 6) is -0.896. The van der Waals surface area contributed by atoms with Crippen molar-refractivity contribution in [1.29, 1.82) is 5.41 Å². The number of thiol groups is 1. The van der Waals surface area contributed by atoms with E-state index in [1.165, 1.54) is 17.4 Å². The van der Waals surface area contributed by atoms with E-state index < -0.39 is 69.2 Å². The van der Waals surface area contributed by atoms with Crippen LogP contribution in [0.1, 0.15) is 5.82 Å². The van der Waals surface area contributed by atoms with Gasteiger partial charge in [0.25, 0.3) is 5.91 Å². The number of pyridine rings is 1. The van der Waals surface area contributed by atoms with Gasteiger partial charge in [0.05, 0.1) is 24.6 Å². The summed E-state index contributed by atoms with van der Waals surface area (Å²) in [6.45, 7) is -9.26. The molecule has 0 saturated carbocycles. The summed E-state index contributed by atoms with van der Waals surface area (Å²) >= 11 is 15.2. The Morgan fingerprint density at radius 2 is 2.15 bits per heavy atom. The number of nitrogens with one attached hydrogen (secondary N) is 2. The number of aromatic nitrogens is 3. The van der Waals surface area contributed by atoms with Gasteiger partial charge in [0.15, 0.2) is 29.9 Å². The van der Waals surface area contributed by atoms with Gasteiger partial charge in [0.2, 0.25) is 5.96 Å². The number of amidine groups is 1. The van der Waals surface area contributed by atoms with Crippen LogP contribution in [-0.2, 0) is 57.1 Å². The Morgan fingerprint density at radius 3 is 2.95 bits per heavy atom. The average Bonchev–Trinajstić information content (AvgIpc) is 3.55. The molecule has 220 valence electrons. The predicted octanol–water partition coefficient (Wildman–Crippen LogP) is 1.53. The van der Waals surface area contributed by atoms with E-state index in [9.17, 15) is 14.3 Å². The van der Waals surface area contributed by atoms with E-state index in [0.717, 1.165) is 0 Å². The molecular weight excluding hydrogens is 649 g/mol. The van der Waals surface area contributed by atoms with Gasteiger partial charge in [0.1, 0.15) is 30.2 Å². The zero-order chi connectivity index (χ0) is 29.1. The lowest BCUT2D eigenvalue weighted by atomic mass is 10.1. The monoisotopic (exact) mass is 668 g/mol. The lowest BCUT2D eigenvalue weighted by Gasteiger charge is -2.33. The first-order valence-electron chi connectivity index (χ1n) is 11.8. The van der Waals surface area contributed by atoms with Crippen LogP contribution in [0.3, 0.4) is 0 Å². The zero-order valence-electron chi connectivity index (χ0n) is 20.4. The molecule has 7 atom stereocenters. The molecule has 0 spiro atoms. The van der Waals surface area contributed by atoms with Gasteiger partial charge < -0.3 is 28.1 Å². The summed E-state index contributed by atoms with van der Waals surface area (Å²) in [5, 5.41) is 10.2. The quantitative estimate of drug-likeness (QED) is 0.253. The number of carbonyl (C=O) groups excluding carboxylic acids is 1. The largest absolute Gasteiger partial charge is 0.387 e. The van der Waals surface area contributed by atoms with Gasteiger partial charge in [-0.1, -0.05) is 23.8 Å². The highest BCUT2D eigenvalue weighted by atomic mass is 35.5. The fourth-order valence-corrected chi connectivity index (χ4v) is 7.26. The van der Waals surface area contributed by atoms with Crippen molar-refractivity contribution in [2.45, 2.75) is 43.8 Å². The molecule has 2 bridgehead atoms. The lowest BCUT2D eigenvalue weighted by molar-refractivity contribution is -0.127. The van der Waals surface area contributed by atoms with Crippen LogP contribution in [0, 0.1) is 5.41 Å². The second-order valence-corrected chi connectivity index (χ2v) is 15.1. The maximum absolute atomic E-state index is 15.8. The van der Waals surface area contributed by atoms with Gasteiger partial charge in [-0.15, -0.1) is 0 Å². The van der Waals surface area contributed by atoms with Crippen molar-refractivity contribution < 1.29 is 41.5 Å². The molecule has 3 N–H and O–H groups in total. The van der Waals surface area contributed by atoms with Crippen molar-refractivity contribution >= 4 is 84.4 Å². The van der Waals surface area contributed by atoms with Crippen molar-refractivity contribution in [2.75, 3.05) is 13.2 Å². The van der Waals surface area contributed by atoms with Crippen LogP contribution in [0.5, 0.6) is 0 Å². The number of nitrogens with zero attached hydrogens (tertiary/aromatic N) is 6. The van der Waals surface area contributed by atoms with Crippen LogP contribution in [0.25, 0.3) is 11.2 Å². The molecule has 0 aliphatic carbocycles. The number of fused-ring (bicyclic) bond motifs is 6. The summed E-state index contributed by atoms with van der Waals surface area (Å²) < 4.78 is 58.5. The fourth-order valence-electron chi connectivity index (χ4n) is 4.62. The van der Waals surface area contributed by atoms with E-state index in [2.05, 4.69) is 37.5 Å². The van der Waals surface area contributed by atoms with Gasteiger partial charge >= 0.3 is 13.5 Å². The van der Waals surface area contributed by atoms with Crippen LogP contribution in [-0.4, -0.2) is 92.2 Å². The number of amides is 1. The molecule has 4 aliphatic rings. The predicted molar refractivity (Wildman–Crippen MR) is 148 cm³/mol. The third kappa shape index (κ3) is 5.86. The van der Waals surface area contributed by atoms with Gasteiger partial charge in [-0.05, 0) is 17.9 Å². The van der Waals surface area contributed by atoms with E-state index in [4.69, 9.17) is 51.6 Å². The Labute approximate surface area is 245 Å². The number of ether oxygens (including phenoxy) is 1. The molecular formula is C19H20ClFN8O8P2S2. The molecule has 1 amide bonds. The molecule has 41 heavy (non-hydrogen) atoms. The number of hydrogen-bond acceptors (Lipinski definition) is 13. The third-order valence-corrected chi connectivity index (χ3v) is 9.77. The van der Waals surface area contributed by atoms with Crippen molar-refractivity contribution in [3.05, 3.63) is 23.1 Å². The molecule has 0 radical (unpaired) electrons. The van der Waals surface area contributed by atoms with Crippen molar-refractivity contribution in [2.24, 2.45) is 9.98 Å². The molecule has 16 nitrogen and oxygen atoms in total. The van der Waals surface area contributed by atoms with Crippen molar-refractivity contribution in [1.82, 2.24) is 24.8 Å². The number of aliphatic imine (C=N–C) groups is 2. The standard InChI is InChI=1S/C19H20ClFN8O8P2S2/c20-8-3-9-16(23-4-8)28-1-2-33-38(31,40)34-5-10-12(21)14(37-39(32,41)35-6-11(28)25-9)18(36-10)29-7-24-15-13(29)17(30)27-19(22)26-15/h3-4,7,10,12-14,18H,1-2,5-6H2,(H,31,40)(H,32,41)(H2,22,27,30)/t10-,12-,13?,14-,18-,38?,39?/m1/s1. The Morgan fingerprint density at radius 1 is 1.34 bits per heavy atom. The molecule has 2 aromatic rings. The van der Waals surface area contributed by atoms with E-state index in [0.29, 0.717) is 16.2 Å². The average molecular weight is 669 g/mol. The summed E-state index contributed by atoms with van der Waals surface area (Å²) in [6.07, 6.45) is -3.93. The smallest absolute Gasteiger partial charge is 0.347 e. The van der Waals surface area contributed by atoms with E-state index in [-0.39, 0.29) is 24.8 Å². The van der Waals surface area contributed by atoms with Crippen LogP contribution in [0.15, 0.2) is 22.2 Å². The Hall–Kier alpha value is -1.89. The highest BCUT2D eigenvalue weighted by molar-refractivity contribution is 8.44. The summed E-state index contributed by atoms with van der Waals surface area (Å²) in [4.78, 5) is 41.0. The zero-order valence-corrected chi connectivity index (χ0v) is 24.7. The maximum Gasteiger partial charge on any atom is 0.387 e. The number of rotatable bonds is 1. The maximum atomic E-state index is 15.8. The lowest BCUT2D eigenvalue weighted by Crippen LogP contribution is -2.57. The first kappa shape index (κ1) is 29.2. The van der Waals surface area contributed by atoms with E-state index >= 15 is 4.39 Å². The number of hydrogen-bond donors (Lipinski definition) is 4. The molecule has 2 aromatic heterocycles. The minimum atomic E-state index is -4.33. The Kier molecular flexibility index (Phi) is 7.82. The van der Waals surface area contributed by atoms with Crippen LogP contribution < -0.4 is 5.32 Å². The number of guanidine groups is 1. The molecule has 1 fully saturated rings. The third-order valence-electron chi connectivity index (χ3n) is 6.35. The summed E-state index contributed by atoms with van der Waals surface area (Å²) in [5.41, 5.74) is 0.788. The van der Waals surface area contributed by atoms with Crippen molar-refractivity contribution in [3.63, 3.8) is 0 Å². The first-order valence-corrected chi connectivity index (χ1v) is 17.4. The van der Waals surface area contributed by atoms with Gasteiger partial charge in [-0.25, -0.2) is 23.9 Å². The molecule has 6 heterocycles. The normalized spacial score (nSPS) is 36.3. The van der Waals surface area contributed by atoms with E-state index in [1.807, 2.05) is 0 Å². The van der Waals surface area contributed by atoms with Crippen LogP contribution in [0.2, 0.25) is 5.02 Å².